The lowest BCUT2D eigenvalue weighted by atomic mass is 9.67. The van der Waals surface area contributed by atoms with Gasteiger partial charge in [0.05, 0.1) is 5.41 Å². The topological polar surface area (TPSA) is 13.1 Å². The van der Waals surface area contributed by atoms with Crippen LogP contribution >= 0.6 is 0 Å². The largest absolute Gasteiger partial charge is 0.456 e. The van der Waals surface area contributed by atoms with E-state index in [4.69, 9.17) is 4.42 Å². The lowest BCUT2D eigenvalue weighted by Gasteiger charge is -2.34. The van der Waals surface area contributed by atoms with Crippen molar-refractivity contribution in [3.05, 3.63) is 216 Å². The third kappa shape index (κ3) is 4.11. The maximum Gasteiger partial charge on any atom is 0.136 e. The number of rotatable bonds is 4. The van der Waals surface area contributed by atoms with E-state index >= 15 is 0 Å². The molecule has 0 amide bonds. The predicted octanol–water partition coefficient (Wildman–Crippen LogP) is 13.6. The van der Waals surface area contributed by atoms with E-state index in [1.165, 1.54) is 77.2 Å². The maximum atomic E-state index is 6.54. The van der Waals surface area contributed by atoms with Crippen LogP contribution in [0.5, 0.6) is 0 Å². The Morgan fingerprint density at radius 3 is 1.69 bits per heavy atom. The second-order valence-corrected chi connectivity index (χ2v) is 14.0. The first-order valence-corrected chi connectivity index (χ1v) is 18.0. The number of benzene rings is 9. The summed E-state index contributed by atoms with van der Waals surface area (Å²) in [5, 5.41) is 7.20. The minimum Gasteiger partial charge on any atom is -0.456 e. The van der Waals surface area contributed by atoms with Crippen molar-refractivity contribution in [2.75, 3.05) is 0 Å². The van der Waals surface area contributed by atoms with E-state index < -0.39 is 5.41 Å². The Morgan fingerprint density at radius 2 is 0.942 bits per heavy atom. The van der Waals surface area contributed by atoms with Crippen molar-refractivity contribution in [3.63, 3.8) is 0 Å². The lowest BCUT2D eigenvalue weighted by Crippen LogP contribution is -2.28. The van der Waals surface area contributed by atoms with Crippen molar-refractivity contribution in [3.8, 4) is 33.4 Å². The van der Waals surface area contributed by atoms with Gasteiger partial charge in [0.15, 0.2) is 0 Å². The van der Waals surface area contributed by atoms with E-state index in [2.05, 4.69) is 194 Å². The third-order valence-electron chi connectivity index (χ3n) is 11.3. The molecule has 0 atom stereocenters. The minimum absolute atomic E-state index is 0.525. The SMILES string of the molecule is c1ccc(-c2cccc3cc4c(cc23)-c2ccc(-c3cccc5oc6cc7ccccc7cc6c35)cc2C4(c2ccccc2)c2ccccc2)cc1. The predicted molar refractivity (Wildman–Crippen MR) is 217 cm³/mol. The summed E-state index contributed by atoms with van der Waals surface area (Å²) >= 11 is 0. The van der Waals surface area contributed by atoms with Gasteiger partial charge in [-0.05, 0) is 114 Å². The van der Waals surface area contributed by atoms with Crippen LogP contribution in [0.2, 0.25) is 0 Å². The quantitative estimate of drug-likeness (QED) is 0.183. The summed E-state index contributed by atoms with van der Waals surface area (Å²) in [6, 6.07) is 71.2. The monoisotopic (exact) mass is 660 g/mol. The molecule has 242 valence electrons. The first-order chi connectivity index (χ1) is 25.8. The normalized spacial score (nSPS) is 13.2. The summed E-state index contributed by atoms with van der Waals surface area (Å²) in [6.45, 7) is 0. The smallest absolute Gasteiger partial charge is 0.136 e. The Hall–Kier alpha value is -6.70. The molecule has 0 fully saturated rings. The van der Waals surface area contributed by atoms with E-state index in [0.717, 1.165) is 21.9 Å². The lowest BCUT2D eigenvalue weighted by molar-refractivity contribution is 0.669. The number of hydrogen-bond donors (Lipinski definition) is 0. The van der Waals surface area contributed by atoms with Crippen molar-refractivity contribution in [1.82, 2.24) is 0 Å². The molecular formula is C51H32O. The highest BCUT2D eigenvalue weighted by molar-refractivity contribution is 6.16. The first kappa shape index (κ1) is 29.1. The molecule has 9 aromatic carbocycles. The minimum atomic E-state index is -0.525. The van der Waals surface area contributed by atoms with Crippen LogP contribution in [0, 0.1) is 0 Å². The van der Waals surface area contributed by atoms with Gasteiger partial charge in [0.1, 0.15) is 11.2 Å². The Morgan fingerprint density at radius 1 is 0.327 bits per heavy atom. The van der Waals surface area contributed by atoms with Gasteiger partial charge in [-0.25, -0.2) is 0 Å². The summed E-state index contributed by atoms with van der Waals surface area (Å²) in [6.07, 6.45) is 0. The molecule has 1 aromatic heterocycles. The van der Waals surface area contributed by atoms with Gasteiger partial charge in [-0.1, -0.05) is 158 Å². The van der Waals surface area contributed by atoms with Crippen molar-refractivity contribution in [2.24, 2.45) is 0 Å². The molecular weight excluding hydrogens is 629 g/mol. The van der Waals surface area contributed by atoms with Gasteiger partial charge in [-0.3, -0.25) is 0 Å². The van der Waals surface area contributed by atoms with E-state index in [1.807, 2.05) is 0 Å². The summed E-state index contributed by atoms with van der Waals surface area (Å²) in [5.74, 6) is 0. The maximum absolute atomic E-state index is 6.54. The molecule has 0 N–H and O–H groups in total. The molecule has 0 saturated heterocycles. The summed E-state index contributed by atoms with van der Waals surface area (Å²) in [7, 11) is 0. The fraction of sp³-hybridized carbons (Fsp3) is 0.0196. The van der Waals surface area contributed by atoms with Crippen molar-refractivity contribution in [1.29, 1.82) is 0 Å². The van der Waals surface area contributed by atoms with Crippen LogP contribution in [0.4, 0.5) is 0 Å². The van der Waals surface area contributed by atoms with Crippen molar-refractivity contribution >= 4 is 43.5 Å². The Labute approximate surface area is 302 Å². The molecule has 0 radical (unpaired) electrons. The zero-order chi connectivity index (χ0) is 34.2. The highest BCUT2D eigenvalue weighted by Gasteiger charge is 2.46. The van der Waals surface area contributed by atoms with Gasteiger partial charge in [0.25, 0.3) is 0 Å². The summed E-state index contributed by atoms with van der Waals surface area (Å²) in [5.41, 5.74) is 13.8. The molecule has 11 rings (SSSR count). The Balaban J connectivity index is 1.23. The summed E-state index contributed by atoms with van der Waals surface area (Å²) in [4.78, 5) is 0. The molecule has 1 aliphatic rings. The third-order valence-corrected chi connectivity index (χ3v) is 11.3. The number of furan rings is 1. The van der Waals surface area contributed by atoms with Crippen LogP contribution in [-0.2, 0) is 5.41 Å². The Kier molecular flexibility index (Phi) is 6.23. The van der Waals surface area contributed by atoms with Crippen molar-refractivity contribution in [2.45, 2.75) is 5.41 Å². The molecule has 0 unspecified atom stereocenters. The van der Waals surface area contributed by atoms with Crippen LogP contribution in [0.15, 0.2) is 199 Å². The van der Waals surface area contributed by atoms with E-state index in [9.17, 15) is 0 Å². The van der Waals surface area contributed by atoms with Gasteiger partial charge in [0.2, 0.25) is 0 Å². The van der Waals surface area contributed by atoms with Gasteiger partial charge in [-0.2, -0.15) is 0 Å². The second-order valence-electron chi connectivity index (χ2n) is 14.0. The van der Waals surface area contributed by atoms with Crippen molar-refractivity contribution < 1.29 is 4.42 Å². The average Bonchev–Trinajstić information content (AvgIpc) is 3.72. The van der Waals surface area contributed by atoms with E-state index in [-0.39, 0.29) is 0 Å². The van der Waals surface area contributed by atoms with Crippen LogP contribution in [0.3, 0.4) is 0 Å². The van der Waals surface area contributed by atoms with Gasteiger partial charge in [0, 0.05) is 10.8 Å². The first-order valence-electron chi connectivity index (χ1n) is 18.0. The van der Waals surface area contributed by atoms with Crippen LogP contribution in [-0.4, -0.2) is 0 Å². The summed E-state index contributed by atoms with van der Waals surface area (Å²) < 4.78 is 6.54. The van der Waals surface area contributed by atoms with Gasteiger partial charge in [-0.15, -0.1) is 0 Å². The molecule has 10 aromatic rings. The molecule has 1 aliphatic carbocycles. The zero-order valence-corrected chi connectivity index (χ0v) is 28.4. The Bertz CT molecular complexity index is 2950. The standard InChI is InChI=1S/C51H32O/c1-4-14-33(15-5-1)40-23-12-18-36-29-47-44(32-43(36)40)42-27-26-37(30-46(42)51(47,38-19-6-2-7-20-38)39-21-8-3-9-22-39)41-24-13-25-48-50(41)45-28-34-16-10-11-17-35(34)31-49(45)52-48/h1-32H. The average molecular weight is 661 g/mol. The van der Waals surface area contributed by atoms with Crippen LogP contribution in [0.25, 0.3) is 76.9 Å². The fourth-order valence-corrected chi connectivity index (χ4v) is 9.05. The van der Waals surface area contributed by atoms with E-state index in [0.29, 0.717) is 0 Å². The van der Waals surface area contributed by atoms with Crippen LogP contribution < -0.4 is 0 Å². The number of hydrogen-bond acceptors (Lipinski definition) is 1. The molecule has 52 heavy (non-hydrogen) atoms. The molecule has 1 heteroatoms. The molecule has 1 heterocycles. The molecule has 1 nitrogen and oxygen atoms in total. The molecule has 0 saturated carbocycles. The highest BCUT2D eigenvalue weighted by atomic mass is 16.3. The fourth-order valence-electron chi connectivity index (χ4n) is 9.05. The number of fused-ring (bicyclic) bond motifs is 8. The second kappa shape index (κ2) is 11.2. The van der Waals surface area contributed by atoms with E-state index in [1.54, 1.807) is 0 Å². The molecule has 0 bridgehead atoms. The van der Waals surface area contributed by atoms with Crippen LogP contribution in [0.1, 0.15) is 22.3 Å². The van der Waals surface area contributed by atoms with Gasteiger partial charge >= 0.3 is 0 Å². The zero-order valence-electron chi connectivity index (χ0n) is 28.4. The highest BCUT2D eigenvalue weighted by Crippen LogP contribution is 2.58. The van der Waals surface area contributed by atoms with Gasteiger partial charge < -0.3 is 4.42 Å². The molecule has 0 spiro atoms. The molecule has 0 aliphatic heterocycles.